The fourth-order valence-corrected chi connectivity index (χ4v) is 1.77. The van der Waals surface area contributed by atoms with Crippen LogP contribution in [0.2, 0.25) is 0 Å². The zero-order valence-corrected chi connectivity index (χ0v) is 10.4. The largest absolute Gasteiger partial charge is 0.490 e. The molecule has 0 fully saturated rings. The molecule has 16 heavy (non-hydrogen) atoms. The Morgan fingerprint density at radius 1 is 1.25 bits per heavy atom. The third kappa shape index (κ3) is 3.53. The van der Waals surface area contributed by atoms with Crippen LogP contribution in [0.3, 0.4) is 0 Å². The molecule has 0 saturated carbocycles. The molecule has 0 aliphatic rings. The first-order valence-electron chi connectivity index (χ1n) is 6.12. The lowest BCUT2D eigenvalue weighted by molar-refractivity contribution is 0.157. The molecule has 0 radical (unpaired) electrons. The van der Waals surface area contributed by atoms with Crippen molar-refractivity contribution in [1.29, 1.82) is 0 Å². The normalized spacial score (nSPS) is 14.5. The van der Waals surface area contributed by atoms with E-state index >= 15 is 0 Å². The minimum Gasteiger partial charge on any atom is -0.490 e. The van der Waals surface area contributed by atoms with Gasteiger partial charge in [-0.05, 0) is 25.8 Å². The van der Waals surface area contributed by atoms with Gasteiger partial charge in [0.1, 0.15) is 5.75 Å². The molecule has 1 N–H and O–H groups in total. The van der Waals surface area contributed by atoms with Crippen molar-refractivity contribution in [1.82, 2.24) is 0 Å². The van der Waals surface area contributed by atoms with Crippen molar-refractivity contribution in [3.63, 3.8) is 0 Å². The van der Waals surface area contributed by atoms with E-state index in [9.17, 15) is 5.11 Å². The van der Waals surface area contributed by atoms with E-state index < -0.39 is 6.10 Å². The summed E-state index contributed by atoms with van der Waals surface area (Å²) >= 11 is 0. The highest BCUT2D eigenvalue weighted by molar-refractivity contribution is 5.35. The molecule has 0 aliphatic heterocycles. The standard InChI is InChI=1S/C14H22O2/c1-4-8-11(3)16-14-10-7-6-9-12(14)13(15)5-2/h6-7,9-11,13,15H,4-5,8H2,1-3H3/t11?,13-/m1/s1. The number of benzene rings is 1. The third-order valence-electron chi connectivity index (χ3n) is 2.69. The second kappa shape index (κ2) is 6.54. The summed E-state index contributed by atoms with van der Waals surface area (Å²) in [5, 5.41) is 9.87. The monoisotopic (exact) mass is 222 g/mol. The highest BCUT2D eigenvalue weighted by Crippen LogP contribution is 2.28. The molecule has 0 spiro atoms. The van der Waals surface area contributed by atoms with Crippen LogP contribution >= 0.6 is 0 Å². The zero-order valence-electron chi connectivity index (χ0n) is 10.4. The van der Waals surface area contributed by atoms with Gasteiger partial charge in [-0.2, -0.15) is 0 Å². The Labute approximate surface area is 98.3 Å². The molecule has 0 amide bonds. The molecule has 1 aromatic rings. The van der Waals surface area contributed by atoms with E-state index in [-0.39, 0.29) is 6.10 Å². The van der Waals surface area contributed by atoms with E-state index in [0.29, 0.717) is 6.42 Å². The Morgan fingerprint density at radius 3 is 2.56 bits per heavy atom. The Morgan fingerprint density at radius 2 is 1.94 bits per heavy atom. The first-order chi connectivity index (χ1) is 7.69. The molecule has 2 nitrogen and oxygen atoms in total. The smallest absolute Gasteiger partial charge is 0.125 e. The molecule has 0 saturated heterocycles. The van der Waals surface area contributed by atoms with Crippen LogP contribution in [0, 0.1) is 0 Å². The van der Waals surface area contributed by atoms with E-state index in [0.717, 1.165) is 24.2 Å². The van der Waals surface area contributed by atoms with E-state index in [1.807, 2.05) is 31.2 Å². The minimum atomic E-state index is -0.426. The van der Waals surface area contributed by atoms with Crippen LogP contribution in [-0.2, 0) is 0 Å². The predicted molar refractivity (Wildman–Crippen MR) is 66.7 cm³/mol. The number of aliphatic hydroxyl groups excluding tert-OH is 1. The molecule has 0 aliphatic carbocycles. The van der Waals surface area contributed by atoms with Crippen LogP contribution in [0.25, 0.3) is 0 Å². The summed E-state index contributed by atoms with van der Waals surface area (Å²) in [7, 11) is 0. The minimum absolute atomic E-state index is 0.204. The van der Waals surface area contributed by atoms with E-state index in [2.05, 4.69) is 13.8 Å². The molecular formula is C14H22O2. The second-order valence-electron chi connectivity index (χ2n) is 4.18. The van der Waals surface area contributed by atoms with Gasteiger partial charge in [-0.3, -0.25) is 0 Å². The van der Waals surface area contributed by atoms with Gasteiger partial charge in [-0.15, -0.1) is 0 Å². The van der Waals surface area contributed by atoms with E-state index in [4.69, 9.17) is 4.74 Å². The fraction of sp³-hybridized carbons (Fsp3) is 0.571. The second-order valence-corrected chi connectivity index (χ2v) is 4.18. The number of para-hydroxylation sites is 1. The molecule has 90 valence electrons. The Bertz CT molecular complexity index is 309. The van der Waals surface area contributed by atoms with E-state index in [1.165, 1.54) is 0 Å². The van der Waals surface area contributed by atoms with Gasteiger partial charge in [-0.25, -0.2) is 0 Å². The van der Waals surface area contributed by atoms with Gasteiger partial charge in [0.15, 0.2) is 0 Å². The highest BCUT2D eigenvalue weighted by Gasteiger charge is 2.12. The van der Waals surface area contributed by atoms with Crippen molar-refractivity contribution < 1.29 is 9.84 Å². The number of hydrogen-bond donors (Lipinski definition) is 1. The molecule has 1 aromatic carbocycles. The average molecular weight is 222 g/mol. The molecule has 0 bridgehead atoms. The quantitative estimate of drug-likeness (QED) is 0.795. The van der Waals surface area contributed by atoms with Crippen molar-refractivity contribution in [3.05, 3.63) is 29.8 Å². The number of hydrogen-bond acceptors (Lipinski definition) is 2. The van der Waals surface area contributed by atoms with Gasteiger partial charge in [0.25, 0.3) is 0 Å². The van der Waals surface area contributed by atoms with Crippen LogP contribution in [0.4, 0.5) is 0 Å². The van der Waals surface area contributed by atoms with Gasteiger partial charge in [0, 0.05) is 5.56 Å². The average Bonchev–Trinajstić information content (AvgIpc) is 2.29. The zero-order chi connectivity index (χ0) is 12.0. The summed E-state index contributed by atoms with van der Waals surface area (Å²) in [6.07, 6.45) is 2.64. The summed E-state index contributed by atoms with van der Waals surface area (Å²) in [5.74, 6) is 0.817. The highest BCUT2D eigenvalue weighted by atomic mass is 16.5. The van der Waals surface area contributed by atoms with Crippen molar-refractivity contribution in [2.24, 2.45) is 0 Å². The molecule has 1 unspecified atom stereocenters. The first-order valence-corrected chi connectivity index (χ1v) is 6.12. The Kier molecular flexibility index (Phi) is 5.33. The summed E-state index contributed by atoms with van der Waals surface area (Å²) in [5.41, 5.74) is 0.896. The van der Waals surface area contributed by atoms with Crippen LogP contribution in [0.1, 0.15) is 51.7 Å². The molecule has 1 rings (SSSR count). The van der Waals surface area contributed by atoms with Gasteiger partial charge in [0.2, 0.25) is 0 Å². The Balaban J connectivity index is 2.78. The fourth-order valence-electron chi connectivity index (χ4n) is 1.77. The molecule has 2 atom stereocenters. The van der Waals surface area contributed by atoms with Crippen LogP contribution in [0.5, 0.6) is 5.75 Å². The molecule has 0 heterocycles. The van der Waals surface area contributed by atoms with E-state index in [1.54, 1.807) is 0 Å². The molecular weight excluding hydrogens is 200 g/mol. The lowest BCUT2D eigenvalue weighted by Crippen LogP contribution is -2.13. The predicted octanol–water partition coefficient (Wildman–Crippen LogP) is 3.70. The maximum absolute atomic E-state index is 9.87. The lowest BCUT2D eigenvalue weighted by atomic mass is 10.1. The van der Waals surface area contributed by atoms with Gasteiger partial charge >= 0.3 is 0 Å². The maximum atomic E-state index is 9.87. The summed E-state index contributed by atoms with van der Waals surface area (Å²) in [6.45, 7) is 6.18. The molecule has 2 heteroatoms. The van der Waals surface area contributed by atoms with Crippen LogP contribution in [0.15, 0.2) is 24.3 Å². The maximum Gasteiger partial charge on any atom is 0.125 e. The van der Waals surface area contributed by atoms with Crippen molar-refractivity contribution in [2.75, 3.05) is 0 Å². The third-order valence-corrected chi connectivity index (χ3v) is 2.69. The van der Waals surface area contributed by atoms with Gasteiger partial charge in [0.05, 0.1) is 12.2 Å². The summed E-state index contributed by atoms with van der Waals surface area (Å²) in [6, 6.07) is 7.74. The molecule has 0 aromatic heterocycles. The summed E-state index contributed by atoms with van der Waals surface area (Å²) < 4.78 is 5.85. The van der Waals surface area contributed by atoms with Crippen LogP contribution in [-0.4, -0.2) is 11.2 Å². The topological polar surface area (TPSA) is 29.5 Å². The van der Waals surface area contributed by atoms with Crippen molar-refractivity contribution in [3.8, 4) is 5.75 Å². The Hall–Kier alpha value is -1.02. The SMILES string of the molecule is CCCC(C)Oc1ccccc1[C@H](O)CC. The summed E-state index contributed by atoms with van der Waals surface area (Å²) in [4.78, 5) is 0. The number of rotatable bonds is 6. The number of aliphatic hydroxyl groups is 1. The van der Waals surface area contributed by atoms with Gasteiger partial charge in [-0.1, -0.05) is 38.5 Å². The van der Waals surface area contributed by atoms with Gasteiger partial charge < -0.3 is 9.84 Å². The van der Waals surface area contributed by atoms with Crippen LogP contribution < -0.4 is 4.74 Å². The van der Waals surface area contributed by atoms with Crippen molar-refractivity contribution >= 4 is 0 Å². The lowest BCUT2D eigenvalue weighted by Gasteiger charge is -2.19. The van der Waals surface area contributed by atoms with Crippen molar-refractivity contribution in [2.45, 2.75) is 52.2 Å². The first kappa shape index (κ1) is 13.0. The number of ether oxygens (including phenoxy) is 1.